The van der Waals surface area contributed by atoms with E-state index < -0.39 is 0 Å². The molecule has 0 radical (unpaired) electrons. The van der Waals surface area contributed by atoms with Gasteiger partial charge in [0, 0.05) is 23.3 Å². The maximum absolute atomic E-state index is 13.3. The maximum atomic E-state index is 13.3. The summed E-state index contributed by atoms with van der Waals surface area (Å²) >= 11 is 0. The largest absolute Gasteiger partial charge is 0.393 e. The van der Waals surface area contributed by atoms with Gasteiger partial charge in [-0.05, 0) is 69.4 Å². The molecule has 1 aliphatic carbocycles. The molecule has 33 heavy (non-hydrogen) atoms. The Bertz CT molecular complexity index is 1020. The number of halogens is 2. The lowest BCUT2D eigenvalue weighted by Gasteiger charge is -2.25. The van der Waals surface area contributed by atoms with E-state index in [1.54, 1.807) is 12.1 Å². The summed E-state index contributed by atoms with van der Waals surface area (Å²) in [6.45, 7) is 4.38. The van der Waals surface area contributed by atoms with Crippen molar-refractivity contribution in [3.8, 4) is 0 Å². The molecule has 2 heterocycles. The third-order valence-corrected chi connectivity index (χ3v) is 6.40. The van der Waals surface area contributed by atoms with Crippen LogP contribution in [0.5, 0.6) is 0 Å². The lowest BCUT2D eigenvalue weighted by Crippen LogP contribution is -2.20. The lowest BCUT2D eigenvalue weighted by molar-refractivity contribution is 0.121. The first-order valence-corrected chi connectivity index (χ1v) is 11.9. The minimum absolute atomic E-state index is 0. The summed E-state index contributed by atoms with van der Waals surface area (Å²) in [5.41, 5.74) is 3.73. The molecule has 1 saturated carbocycles. The zero-order chi connectivity index (χ0) is 22.5. The molecule has 4 rings (SSSR count). The molecule has 0 saturated heterocycles. The summed E-state index contributed by atoms with van der Waals surface area (Å²) in [5.74, 6) is 0.702. The van der Waals surface area contributed by atoms with Crippen LogP contribution in [0.2, 0.25) is 0 Å². The van der Waals surface area contributed by atoms with Gasteiger partial charge in [-0.3, -0.25) is 0 Å². The second-order valence-corrected chi connectivity index (χ2v) is 9.04. The number of nitrogens with one attached hydrogen (secondary N) is 2. The van der Waals surface area contributed by atoms with E-state index in [4.69, 9.17) is 5.10 Å². The van der Waals surface area contributed by atoms with Gasteiger partial charge in [-0.2, -0.15) is 0 Å². The average Bonchev–Trinajstić information content (AvgIpc) is 3.13. The Morgan fingerprint density at radius 2 is 1.88 bits per heavy atom. The van der Waals surface area contributed by atoms with Gasteiger partial charge < -0.3 is 15.7 Å². The van der Waals surface area contributed by atoms with Crippen LogP contribution in [-0.2, 0) is 0 Å². The molecule has 0 aliphatic heterocycles. The van der Waals surface area contributed by atoms with Crippen LogP contribution in [0.25, 0.3) is 5.52 Å². The number of aliphatic hydroxyl groups is 1. The molecule has 180 valence electrons. The first kappa shape index (κ1) is 25.2. The summed E-state index contributed by atoms with van der Waals surface area (Å²) < 4.78 is 15.3. The van der Waals surface area contributed by atoms with Crippen LogP contribution in [0, 0.1) is 5.82 Å². The standard InChI is InChI=1S/C25H34FN5O.ClH/c1-3-4-5-6-17(2)28-25-27-16-24-22(29-20-11-9-19(26)10-12-20)15-23(31(24)30-25)18-7-13-21(32)14-8-18;/h9-12,15-18,21,29,32H,3-8,13-14H2,1-2H3,(H,28,30);1H. The summed E-state index contributed by atoms with van der Waals surface area (Å²) in [4.78, 5) is 4.58. The van der Waals surface area contributed by atoms with Gasteiger partial charge in [-0.15, -0.1) is 17.5 Å². The maximum Gasteiger partial charge on any atom is 0.241 e. The average molecular weight is 476 g/mol. The minimum Gasteiger partial charge on any atom is -0.393 e. The SMILES string of the molecule is CCCCCC(C)Nc1ncc2c(Nc3ccc(F)cc3)cc(C3CCC(O)CC3)n2n1.Cl. The molecule has 1 aromatic carbocycles. The smallest absolute Gasteiger partial charge is 0.241 e. The minimum atomic E-state index is -0.258. The van der Waals surface area contributed by atoms with Crippen LogP contribution in [0.1, 0.15) is 76.8 Å². The Morgan fingerprint density at radius 3 is 2.58 bits per heavy atom. The number of aliphatic hydroxyl groups excluding tert-OH is 1. The highest BCUT2D eigenvalue weighted by atomic mass is 35.5. The normalized spacial score (nSPS) is 19.2. The molecule has 0 spiro atoms. The zero-order valence-corrected chi connectivity index (χ0v) is 20.2. The van der Waals surface area contributed by atoms with E-state index in [9.17, 15) is 9.50 Å². The fraction of sp³-hybridized carbons (Fsp3) is 0.520. The molecular formula is C25H35ClFN5O. The monoisotopic (exact) mass is 475 g/mol. The topological polar surface area (TPSA) is 74.5 Å². The van der Waals surface area contributed by atoms with E-state index >= 15 is 0 Å². The zero-order valence-electron chi connectivity index (χ0n) is 19.4. The molecule has 8 heteroatoms. The molecule has 3 N–H and O–H groups in total. The molecule has 0 amide bonds. The summed E-state index contributed by atoms with van der Waals surface area (Å²) in [7, 11) is 0. The van der Waals surface area contributed by atoms with E-state index in [0.717, 1.165) is 54.7 Å². The van der Waals surface area contributed by atoms with Gasteiger partial charge in [0.1, 0.15) is 11.3 Å². The molecule has 1 aliphatic rings. The Labute approximate surface area is 201 Å². The summed E-state index contributed by atoms with van der Waals surface area (Å²) in [6, 6.07) is 8.78. The molecule has 3 aromatic rings. The molecule has 1 fully saturated rings. The van der Waals surface area contributed by atoms with Gasteiger partial charge in [0.05, 0.1) is 18.0 Å². The molecule has 2 aromatic heterocycles. The molecular weight excluding hydrogens is 441 g/mol. The fourth-order valence-corrected chi connectivity index (χ4v) is 4.53. The number of anilines is 3. The molecule has 1 unspecified atom stereocenters. The number of benzene rings is 1. The third kappa shape index (κ3) is 6.36. The van der Waals surface area contributed by atoms with Gasteiger partial charge in [-0.1, -0.05) is 26.2 Å². The highest BCUT2D eigenvalue weighted by Crippen LogP contribution is 2.37. The van der Waals surface area contributed by atoms with Crippen LogP contribution in [0.3, 0.4) is 0 Å². The predicted octanol–water partition coefficient (Wildman–Crippen LogP) is 6.43. The van der Waals surface area contributed by atoms with Gasteiger partial charge in [0.2, 0.25) is 5.95 Å². The van der Waals surface area contributed by atoms with Crippen molar-refractivity contribution in [2.75, 3.05) is 10.6 Å². The van der Waals surface area contributed by atoms with Crippen molar-refractivity contribution in [1.82, 2.24) is 14.6 Å². The lowest BCUT2D eigenvalue weighted by atomic mass is 9.85. The third-order valence-electron chi connectivity index (χ3n) is 6.40. The van der Waals surface area contributed by atoms with Crippen LogP contribution >= 0.6 is 12.4 Å². The summed E-state index contributed by atoms with van der Waals surface area (Å²) in [5, 5.41) is 21.7. The van der Waals surface area contributed by atoms with Crippen LogP contribution < -0.4 is 10.6 Å². The van der Waals surface area contributed by atoms with E-state index in [1.165, 1.54) is 31.4 Å². The number of unbranched alkanes of at least 4 members (excludes halogenated alkanes) is 2. The van der Waals surface area contributed by atoms with Crippen molar-refractivity contribution < 1.29 is 9.50 Å². The van der Waals surface area contributed by atoms with Gasteiger partial charge in [0.15, 0.2) is 0 Å². The van der Waals surface area contributed by atoms with Crippen molar-refractivity contribution in [3.63, 3.8) is 0 Å². The van der Waals surface area contributed by atoms with Crippen LogP contribution in [0.4, 0.5) is 21.7 Å². The molecule has 0 bridgehead atoms. The number of rotatable bonds is 9. The van der Waals surface area contributed by atoms with Gasteiger partial charge >= 0.3 is 0 Å². The molecule has 6 nitrogen and oxygen atoms in total. The van der Waals surface area contributed by atoms with Gasteiger partial charge in [-0.25, -0.2) is 13.9 Å². The van der Waals surface area contributed by atoms with Crippen molar-refractivity contribution in [3.05, 3.63) is 48.0 Å². The first-order valence-electron chi connectivity index (χ1n) is 11.9. The Kier molecular flexibility index (Phi) is 8.92. The van der Waals surface area contributed by atoms with Gasteiger partial charge in [0.25, 0.3) is 0 Å². The van der Waals surface area contributed by atoms with Crippen molar-refractivity contribution >= 4 is 35.2 Å². The second-order valence-electron chi connectivity index (χ2n) is 9.04. The van der Waals surface area contributed by atoms with Crippen molar-refractivity contribution in [2.45, 2.75) is 83.3 Å². The summed E-state index contributed by atoms with van der Waals surface area (Å²) in [6.07, 6.45) is 9.86. The highest BCUT2D eigenvalue weighted by molar-refractivity contribution is 5.85. The van der Waals surface area contributed by atoms with E-state index in [0.29, 0.717) is 17.9 Å². The second kappa shape index (κ2) is 11.7. The number of hydrogen-bond donors (Lipinski definition) is 3. The Hall–Kier alpha value is -2.38. The predicted molar refractivity (Wildman–Crippen MR) is 134 cm³/mol. The van der Waals surface area contributed by atoms with Crippen molar-refractivity contribution in [2.24, 2.45) is 0 Å². The van der Waals surface area contributed by atoms with Crippen molar-refractivity contribution in [1.29, 1.82) is 0 Å². The van der Waals surface area contributed by atoms with E-state index in [1.807, 2.05) is 10.7 Å². The van der Waals surface area contributed by atoms with Crippen LogP contribution in [-0.4, -0.2) is 31.9 Å². The number of nitrogens with zero attached hydrogens (tertiary/aromatic N) is 3. The fourth-order valence-electron chi connectivity index (χ4n) is 4.53. The number of hydrogen-bond acceptors (Lipinski definition) is 5. The Balaban J connectivity index is 0.00000306. The highest BCUT2D eigenvalue weighted by Gasteiger charge is 2.25. The quantitative estimate of drug-likeness (QED) is 0.311. The Morgan fingerprint density at radius 1 is 1.15 bits per heavy atom. The first-order chi connectivity index (χ1) is 15.5. The van der Waals surface area contributed by atoms with E-state index in [-0.39, 0.29) is 24.3 Å². The number of fused-ring (bicyclic) bond motifs is 1. The van der Waals surface area contributed by atoms with Crippen LogP contribution in [0.15, 0.2) is 36.5 Å². The van der Waals surface area contributed by atoms with E-state index in [2.05, 4.69) is 35.5 Å². The molecule has 1 atom stereocenters. The number of aromatic nitrogens is 3.